The first kappa shape index (κ1) is 11.2. The molecule has 14 heavy (non-hydrogen) atoms. The minimum Gasteiger partial charge on any atom is -0.347 e. The molecule has 0 radical (unpaired) electrons. The topological polar surface area (TPSA) is 42.0 Å². The Morgan fingerprint density at radius 3 is 2.64 bits per heavy atom. The lowest BCUT2D eigenvalue weighted by Gasteiger charge is -2.20. The highest BCUT2D eigenvalue weighted by atomic mass is 79.9. The Hall–Kier alpha value is -0.900. The van der Waals surface area contributed by atoms with Crippen molar-refractivity contribution in [2.24, 2.45) is 0 Å². The van der Waals surface area contributed by atoms with E-state index in [1.807, 2.05) is 20.8 Å². The highest BCUT2D eigenvalue weighted by Gasteiger charge is 2.16. The van der Waals surface area contributed by atoms with E-state index in [0.29, 0.717) is 10.0 Å². The number of hydrogen-bond acceptors (Lipinski definition) is 2. The Bertz CT molecular complexity index is 344. The zero-order valence-corrected chi connectivity index (χ0v) is 10.1. The Balaban J connectivity index is 2.86. The Morgan fingerprint density at radius 1 is 1.50 bits per heavy atom. The van der Waals surface area contributed by atoms with Crippen LogP contribution < -0.4 is 5.32 Å². The van der Waals surface area contributed by atoms with Crippen molar-refractivity contribution in [1.82, 2.24) is 10.3 Å². The number of nitrogens with zero attached hydrogens (tertiary/aromatic N) is 1. The van der Waals surface area contributed by atoms with E-state index in [2.05, 4.69) is 26.2 Å². The highest BCUT2D eigenvalue weighted by Crippen LogP contribution is 2.15. The number of amides is 1. The molecule has 0 saturated carbocycles. The van der Waals surface area contributed by atoms with E-state index in [1.165, 1.54) is 0 Å². The maximum absolute atomic E-state index is 11.7. The summed E-state index contributed by atoms with van der Waals surface area (Å²) < 4.78 is 0.710. The summed E-state index contributed by atoms with van der Waals surface area (Å²) in [5, 5.41) is 2.88. The van der Waals surface area contributed by atoms with Gasteiger partial charge in [0.05, 0.1) is 5.56 Å². The van der Waals surface area contributed by atoms with Gasteiger partial charge in [0, 0.05) is 22.4 Å². The smallest absolute Gasteiger partial charge is 0.252 e. The van der Waals surface area contributed by atoms with Crippen molar-refractivity contribution in [2.45, 2.75) is 26.3 Å². The zero-order chi connectivity index (χ0) is 10.8. The molecule has 0 unspecified atom stereocenters. The fourth-order valence-electron chi connectivity index (χ4n) is 0.967. The maximum atomic E-state index is 11.7. The van der Waals surface area contributed by atoms with E-state index >= 15 is 0 Å². The molecule has 0 aliphatic carbocycles. The third-order valence-corrected chi connectivity index (χ3v) is 2.14. The lowest BCUT2D eigenvalue weighted by atomic mass is 10.1. The molecular weight excluding hydrogens is 244 g/mol. The number of halogens is 1. The van der Waals surface area contributed by atoms with Gasteiger partial charge >= 0.3 is 0 Å². The molecule has 0 aromatic carbocycles. The Kier molecular flexibility index (Phi) is 3.26. The number of aromatic nitrogens is 1. The number of nitrogens with one attached hydrogen (secondary N) is 1. The molecule has 1 aromatic heterocycles. The number of carbonyl (C=O) groups excluding carboxylic acids is 1. The highest BCUT2D eigenvalue weighted by molar-refractivity contribution is 9.10. The van der Waals surface area contributed by atoms with Crippen LogP contribution in [0, 0.1) is 0 Å². The predicted octanol–water partition coefficient (Wildman–Crippen LogP) is 2.37. The van der Waals surface area contributed by atoms with Gasteiger partial charge in [0.15, 0.2) is 0 Å². The molecule has 0 saturated heterocycles. The monoisotopic (exact) mass is 256 g/mol. The first-order valence-electron chi connectivity index (χ1n) is 4.32. The van der Waals surface area contributed by atoms with E-state index < -0.39 is 0 Å². The standard InChI is InChI=1S/C10H13BrN2O/c1-10(2,3)13-9(14)7-4-5-12-6-8(7)11/h4-6H,1-3H3,(H,13,14). The average molecular weight is 257 g/mol. The number of hydrogen-bond donors (Lipinski definition) is 1. The van der Waals surface area contributed by atoms with Crippen molar-refractivity contribution < 1.29 is 4.79 Å². The van der Waals surface area contributed by atoms with Crippen LogP contribution >= 0.6 is 15.9 Å². The molecule has 1 heterocycles. The van der Waals surface area contributed by atoms with Gasteiger partial charge in [-0.1, -0.05) is 0 Å². The van der Waals surface area contributed by atoms with E-state index in [0.717, 1.165) is 0 Å². The quantitative estimate of drug-likeness (QED) is 0.839. The van der Waals surface area contributed by atoms with Gasteiger partial charge in [0.1, 0.15) is 0 Å². The maximum Gasteiger partial charge on any atom is 0.252 e. The van der Waals surface area contributed by atoms with Crippen LogP contribution in [0.3, 0.4) is 0 Å². The van der Waals surface area contributed by atoms with Gasteiger partial charge in [0.25, 0.3) is 5.91 Å². The summed E-state index contributed by atoms with van der Waals surface area (Å²) in [5.41, 5.74) is 0.384. The molecule has 1 rings (SSSR count). The normalized spacial score (nSPS) is 11.1. The molecule has 76 valence electrons. The van der Waals surface area contributed by atoms with Crippen molar-refractivity contribution >= 4 is 21.8 Å². The second-order valence-electron chi connectivity index (χ2n) is 4.06. The summed E-state index contributed by atoms with van der Waals surface area (Å²) in [6, 6.07) is 1.69. The molecular formula is C10H13BrN2O. The van der Waals surface area contributed by atoms with Crippen molar-refractivity contribution in [3.8, 4) is 0 Å². The van der Waals surface area contributed by atoms with E-state index in [1.54, 1.807) is 18.5 Å². The Labute approximate surface area is 92.1 Å². The Morgan fingerprint density at radius 2 is 2.14 bits per heavy atom. The van der Waals surface area contributed by atoms with E-state index in [-0.39, 0.29) is 11.4 Å². The van der Waals surface area contributed by atoms with Crippen LogP contribution in [0.5, 0.6) is 0 Å². The third kappa shape index (κ3) is 3.10. The van der Waals surface area contributed by atoms with Gasteiger partial charge in [-0.25, -0.2) is 0 Å². The molecule has 1 N–H and O–H groups in total. The summed E-state index contributed by atoms with van der Waals surface area (Å²) in [7, 11) is 0. The van der Waals surface area contributed by atoms with E-state index in [4.69, 9.17) is 0 Å². The fraction of sp³-hybridized carbons (Fsp3) is 0.400. The van der Waals surface area contributed by atoms with Crippen LogP contribution in [0.2, 0.25) is 0 Å². The van der Waals surface area contributed by atoms with Gasteiger partial charge in [-0.05, 0) is 42.8 Å². The van der Waals surface area contributed by atoms with Gasteiger partial charge in [0.2, 0.25) is 0 Å². The largest absolute Gasteiger partial charge is 0.347 e. The second kappa shape index (κ2) is 4.09. The van der Waals surface area contributed by atoms with Crippen LogP contribution in [0.15, 0.2) is 22.9 Å². The zero-order valence-electron chi connectivity index (χ0n) is 8.47. The average Bonchev–Trinajstić information content (AvgIpc) is 2.01. The SMILES string of the molecule is CC(C)(C)NC(=O)c1ccncc1Br. The number of rotatable bonds is 1. The summed E-state index contributed by atoms with van der Waals surface area (Å²) in [6.07, 6.45) is 3.21. The molecule has 1 aromatic rings. The van der Waals surface area contributed by atoms with Gasteiger partial charge < -0.3 is 5.32 Å². The summed E-state index contributed by atoms with van der Waals surface area (Å²) >= 11 is 3.28. The van der Waals surface area contributed by atoms with Crippen molar-refractivity contribution in [1.29, 1.82) is 0 Å². The van der Waals surface area contributed by atoms with Crippen molar-refractivity contribution in [2.75, 3.05) is 0 Å². The molecule has 3 nitrogen and oxygen atoms in total. The van der Waals surface area contributed by atoms with Gasteiger partial charge in [-0.3, -0.25) is 9.78 Å². The lowest BCUT2D eigenvalue weighted by Crippen LogP contribution is -2.40. The fourth-order valence-corrected chi connectivity index (χ4v) is 1.40. The second-order valence-corrected chi connectivity index (χ2v) is 4.91. The van der Waals surface area contributed by atoms with Crippen LogP contribution in [-0.4, -0.2) is 16.4 Å². The van der Waals surface area contributed by atoms with Gasteiger partial charge in [-0.2, -0.15) is 0 Å². The van der Waals surface area contributed by atoms with Gasteiger partial charge in [-0.15, -0.1) is 0 Å². The first-order valence-corrected chi connectivity index (χ1v) is 5.11. The van der Waals surface area contributed by atoms with Crippen LogP contribution in [-0.2, 0) is 0 Å². The first-order chi connectivity index (χ1) is 6.40. The molecule has 0 atom stereocenters. The lowest BCUT2D eigenvalue weighted by molar-refractivity contribution is 0.0918. The minimum atomic E-state index is -0.222. The molecule has 0 spiro atoms. The predicted molar refractivity (Wildman–Crippen MR) is 59.2 cm³/mol. The summed E-state index contributed by atoms with van der Waals surface area (Å²) in [6.45, 7) is 5.83. The number of carbonyl (C=O) groups is 1. The molecule has 0 aliphatic heterocycles. The summed E-state index contributed by atoms with van der Waals surface area (Å²) in [4.78, 5) is 15.6. The molecule has 0 aliphatic rings. The van der Waals surface area contributed by atoms with Crippen molar-refractivity contribution in [3.05, 3.63) is 28.5 Å². The van der Waals surface area contributed by atoms with Crippen LogP contribution in [0.25, 0.3) is 0 Å². The minimum absolute atomic E-state index is 0.0909. The van der Waals surface area contributed by atoms with E-state index in [9.17, 15) is 4.79 Å². The molecule has 4 heteroatoms. The molecule has 1 amide bonds. The van der Waals surface area contributed by atoms with Crippen LogP contribution in [0.4, 0.5) is 0 Å². The molecule has 0 bridgehead atoms. The number of pyridine rings is 1. The third-order valence-electron chi connectivity index (χ3n) is 1.51. The summed E-state index contributed by atoms with van der Waals surface area (Å²) in [5.74, 6) is -0.0909. The van der Waals surface area contributed by atoms with Crippen LogP contribution in [0.1, 0.15) is 31.1 Å². The molecule has 0 fully saturated rings. The van der Waals surface area contributed by atoms with Crippen molar-refractivity contribution in [3.63, 3.8) is 0 Å².